The fraction of sp³-hybridized carbons (Fsp3) is 0.733. The molecule has 3 rings (SSSR count). The summed E-state index contributed by atoms with van der Waals surface area (Å²) in [6.45, 7) is 4.08. The number of carbonyl (C=O) groups is 1. The maximum atomic E-state index is 11.2. The van der Waals surface area contributed by atoms with Crippen LogP contribution in [0.1, 0.15) is 11.4 Å². The molecule has 8 nitrogen and oxygen atoms in total. The van der Waals surface area contributed by atoms with Crippen molar-refractivity contribution in [2.45, 2.75) is 25.2 Å². The highest BCUT2D eigenvalue weighted by molar-refractivity contribution is 7.88. The molecule has 0 bridgehead atoms. The van der Waals surface area contributed by atoms with Crippen molar-refractivity contribution in [1.82, 2.24) is 14.6 Å². The lowest BCUT2D eigenvalue weighted by Crippen LogP contribution is -2.43. The number of piperidine rings is 1. The number of thiazole rings is 1. The Balaban J connectivity index is 0.000000345. The lowest BCUT2D eigenvalue weighted by atomic mass is 9.84. The number of nitrogens with zero attached hydrogens (tertiary/aromatic N) is 2. The zero-order valence-electron chi connectivity index (χ0n) is 15.1. The van der Waals surface area contributed by atoms with Crippen molar-refractivity contribution in [1.29, 1.82) is 0 Å². The van der Waals surface area contributed by atoms with Crippen molar-refractivity contribution < 1.29 is 36.2 Å². The minimum absolute atomic E-state index is 0.0201. The number of hydrogen-bond acceptors (Lipinski definition) is 7. The van der Waals surface area contributed by atoms with Gasteiger partial charge < -0.3 is 9.84 Å². The van der Waals surface area contributed by atoms with Crippen LogP contribution in [0, 0.1) is 11.8 Å². The quantitative estimate of drug-likeness (QED) is 0.700. The van der Waals surface area contributed by atoms with E-state index in [-0.39, 0.29) is 6.10 Å². The third kappa shape index (κ3) is 7.28. The molecule has 0 spiro atoms. The summed E-state index contributed by atoms with van der Waals surface area (Å²) in [4.78, 5) is 15.7. The van der Waals surface area contributed by atoms with Gasteiger partial charge in [-0.15, -0.1) is 11.3 Å². The van der Waals surface area contributed by atoms with Gasteiger partial charge in [0, 0.05) is 30.6 Å². The van der Waals surface area contributed by atoms with Crippen LogP contribution < -0.4 is 4.72 Å². The average Bonchev–Trinajstić information content (AvgIpc) is 3.21. The number of carboxylic acid groups (broad SMARTS) is 1. The maximum Gasteiger partial charge on any atom is 0.490 e. The molecule has 1 aromatic heterocycles. The number of carboxylic acids is 1. The molecular weight excluding hydrogens is 423 g/mol. The molecule has 0 radical (unpaired) electrons. The second-order valence-corrected chi connectivity index (χ2v) is 9.48. The van der Waals surface area contributed by atoms with Crippen LogP contribution >= 0.6 is 11.3 Å². The molecule has 2 N–H and O–H groups in total. The average molecular weight is 445 g/mol. The van der Waals surface area contributed by atoms with Crippen LogP contribution in [0.3, 0.4) is 0 Å². The highest BCUT2D eigenvalue weighted by Crippen LogP contribution is 2.34. The first-order valence-corrected chi connectivity index (χ1v) is 11.2. The van der Waals surface area contributed by atoms with Crippen molar-refractivity contribution in [2.75, 3.05) is 32.5 Å². The molecule has 3 atom stereocenters. The minimum atomic E-state index is -5.08. The molecular formula is C15H22F3N3O5S2. The SMILES string of the molecule is CS(=O)(=O)NC[C@H]1OC[C@H]2CN(Cc3nccs3)CC[C@H]21.O=C(O)C(F)(F)F. The van der Waals surface area contributed by atoms with Crippen LogP contribution in [0.25, 0.3) is 0 Å². The van der Waals surface area contributed by atoms with Gasteiger partial charge >= 0.3 is 12.1 Å². The smallest absolute Gasteiger partial charge is 0.475 e. The molecule has 0 aromatic carbocycles. The fourth-order valence-electron chi connectivity index (χ4n) is 3.27. The summed E-state index contributed by atoms with van der Waals surface area (Å²) >= 11 is 1.69. The topological polar surface area (TPSA) is 109 Å². The zero-order valence-corrected chi connectivity index (χ0v) is 16.7. The second kappa shape index (κ2) is 9.48. The maximum absolute atomic E-state index is 11.2. The Bertz CT molecular complexity index is 743. The molecule has 28 heavy (non-hydrogen) atoms. The number of alkyl halides is 3. The van der Waals surface area contributed by atoms with Gasteiger partial charge in [0.25, 0.3) is 0 Å². The molecule has 160 valence electrons. The Labute approximate surface area is 164 Å². The Kier molecular flexibility index (Phi) is 7.79. The van der Waals surface area contributed by atoms with E-state index < -0.39 is 22.2 Å². The van der Waals surface area contributed by atoms with Gasteiger partial charge in [-0.25, -0.2) is 22.9 Å². The summed E-state index contributed by atoms with van der Waals surface area (Å²) in [7, 11) is -3.14. The largest absolute Gasteiger partial charge is 0.490 e. The second-order valence-electron chi connectivity index (χ2n) is 6.67. The van der Waals surface area contributed by atoms with E-state index in [4.69, 9.17) is 14.6 Å². The normalized spacial score (nSPS) is 25.6. The number of rotatable bonds is 5. The Hall–Kier alpha value is -1.28. The van der Waals surface area contributed by atoms with Crippen LogP contribution in [0.5, 0.6) is 0 Å². The van der Waals surface area contributed by atoms with E-state index in [2.05, 4.69) is 14.6 Å². The van der Waals surface area contributed by atoms with Crippen LogP contribution in [0.2, 0.25) is 0 Å². The molecule has 13 heteroatoms. The molecule has 3 heterocycles. The highest BCUT2D eigenvalue weighted by Gasteiger charge is 2.41. The zero-order chi connectivity index (χ0) is 20.9. The summed E-state index contributed by atoms with van der Waals surface area (Å²) in [6.07, 6.45) is -0.965. The van der Waals surface area contributed by atoms with Crippen molar-refractivity contribution in [2.24, 2.45) is 11.8 Å². The summed E-state index contributed by atoms with van der Waals surface area (Å²) in [5, 5.41) is 10.3. The van der Waals surface area contributed by atoms with Gasteiger partial charge in [0.05, 0.1) is 25.5 Å². The standard InChI is InChI=1S/C13H21N3O3S2.C2HF3O2/c1-21(17,18)15-6-12-11-2-4-16(7-10(11)9-19-12)8-13-14-3-5-20-13;3-2(4,5)1(6)7/h3,5,10-12,15H,2,4,6-9H2,1H3;(H,6,7)/t10-,11-,12-;/m1./s1. The predicted molar refractivity (Wildman–Crippen MR) is 95.3 cm³/mol. The van der Waals surface area contributed by atoms with E-state index in [1.54, 1.807) is 11.3 Å². The number of halogens is 3. The van der Waals surface area contributed by atoms with Crippen LogP contribution in [0.15, 0.2) is 11.6 Å². The number of nitrogens with one attached hydrogen (secondary N) is 1. The highest BCUT2D eigenvalue weighted by atomic mass is 32.2. The molecule has 0 unspecified atom stereocenters. The molecule has 0 aliphatic carbocycles. The van der Waals surface area contributed by atoms with Crippen LogP contribution in [-0.4, -0.2) is 74.2 Å². The van der Waals surface area contributed by atoms with Crippen LogP contribution in [-0.2, 0) is 26.1 Å². The van der Waals surface area contributed by atoms with Crippen molar-refractivity contribution in [3.05, 3.63) is 16.6 Å². The molecule has 0 amide bonds. The van der Waals surface area contributed by atoms with Crippen LogP contribution in [0.4, 0.5) is 13.2 Å². The molecule has 2 aliphatic rings. The Morgan fingerprint density at radius 1 is 1.50 bits per heavy atom. The summed E-state index contributed by atoms with van der Waals surface area (Å²) in [6, 6.07) is 0. The van der Waals surface area contributed by atoms with Gasteiger partial charge in [-0.3, -0.25) is 4.90 Å². The van der Waals surface area contributed by atoms with E-state index in [9.17, 15) is 21.6 Å². The molecule has 0 saturated carbocycles. The number of sulfonamides is 1. The number of likely N-dealkylation sites (tertiary alicyclic amines) is 1. The number of hydrogen-bond donors (Lipinski definition) is 2. The predicted octanol–water partition coefficient (Wildman–Crippen LogP) is 1.16. The molecule has 2 fully saturated rings. The van der Waals surface area contributed by atoms with Gasteiger partial charge in [0.15, 0.2) is 0 Å². The first-order chi connectivity index (χ1) is 13.0. The van der Waals surface area contributed by atoms with E-state index in [1.165, 1.54) is 6.26 Å². The third-order valence-corrected chi connectivity index (χ3v) is 5.97. The van der Waals surface area contributed by atoms with E-state index in [0.717, 1.165) is 37.7 Å². The van der Waals surface area contributed by atoms with E-state index in [1.807, 2.05) is 11.6 Å². The van der Waals surface area contributed by atoms with Gasteiger partial charge in [-0.2, -0.15) is 13.2 Å². The first-order valence-electron chi connectivity index (χ1n) is 8.43. The molecule has 2 saturated heterocycles. The van der Waals surface area contributed by atoms with Gasteiger partial charge in [0.1, 0.15) is 5.01 Å². The molecule has 2 aliphatic heterocycles. The van der Waals surface area contributed by atoms with E-state index >= 15 is 0 Å². The van der Waals surface area contributed by atoms with Gasteiger partial charge in [0.2, 0.25) is 10.0 Å². The Morgan fingerprint density at radius 2 is 2.18 bits per heavy atom. The number of fused-ring (bicyclic) bond motifs is 1. The lowest BCUT2D eigenvalue weighted by Gasteiger charge is -2.35. The summed E-state index contributed by atoms with van der Waals surface area (Å²) in [5.41, 5.74) is 0. The first kappa shape index (κ1) is 23.0. The monoisotopic (exact) mass is 445 g/mol. The summed E-state index contributed by atoms with van der Waals surface area (Å²) in [5.74, 6) is -1.79. The van der Waals surface area contributed by atoms with Crippen molar-refractivity contribution >= 4 is 27.3 Å². The van der Waals surface area contributed by atoms with Gasteiger partial charge in [-0.1, -0.05) is 0 Å². The third-order valence-electron chi connectivity index (χ3n) is 4.51. The minimum Gasteiger partial charge on any atom is -0.475 e. The Morgan fingerprint density at radius 3 is 2.71 bits per heavy atom. The summed E-state index contributed by atoms with van der Waals surface area (Å²) < 4.78 is 62.5. The van der Waals surface area contributed by atoms with Crippen molar-refractivity contribution in [3.63, 3.8) is 0 Å². The van der Waals surface area contributed by atoms with E-state index in [0.29, 0.717) is 18.4 Å². The van der Waals surface area contributed by atoms with Crippen molar-refractivity contribution in [3.8, 4) is 0 Å². The number of aliphatic carboxylic acids is 1. The lowest BCUT2D eigenvalue weighted by molar-refractivity contribution is -0.192. The fourth-order valence-corrected chi connectivity index (χ4v) is 4.40. The number of aromatic nitrogens is 1. The molecule has 1 aromatic rings. The number of ether oxygens (including phenoxy) is 1. The van der Waals surface area contributed by atoms with Gasteiger partial charge in [-0.05, 0) is 18.9 Å².